The molecule has 0 amide bonds. The van der Waals surface area contributed by atoms with Gasteiger partial charge in [0.15, 0.2) is 0 Å². The van der Waals surface area contributed by atoms with Crippen molar-refractivity contribution in [2.45, 2.75) is 51.7 Å². The van der Waals surface area contributed by atoms with E-state index < -0.39 is 5.79 Å². The third-order valence-corrected chi connectivity index (χ3v) is 8.48. The van der Waals surface area contributed by atoms with Gasteiger partial charge in [-0.05, 0) is 92.6 Å². The normalized spacial score (nSPS) is 17.9. The maximum absolute atomic E-state index is 12.7. The summed E-state index contributed by atoms with van der Waals surface area (Å²) < 4.78 is 23.8. The van der Waals surface area contributed by atoms with Crippen LogP contribution >= 0.6 is 0 Å². The summed E-state index contributed by atoms with van der Waals surface area (Å²) in [5.41, 5.74) is 4.96. The molecular weight excluding hydrogens is 608 g/mol. The van der Waals surface area contributed by atoms with Gasteiger partial charge in [0.25, 0.3) is 0 Å². The van der Waals surface area contributed by atoms with Crippen LogP contribution < -0.4 is 21.1 Å². The van der Waals surface area contributed by atoms with Crippen molar-refractivity contribution >= 4 is 11.4 Å². The lowest BCUT2D eigenvalue weighted by molar-refractivity contribution is -0.191. The predicted octanol–water partition coefficient (Wildman–Crippen LogP) is 5.25. The Morgan fingerprint density at radius 2 is 1.79 bits per heavy atom. The molecule has 0 aliphatic carbocycles. The van der Waals surface area contributed by atoms with Crippen LogP contribution in [0.4, 0.5) is 11.4 Å². The summed E-state index contributed by atoms with van der Waals surface area (Å²) in [7, 11) is 0. The molecule has 1 aliphatic heterocycles. The monoisotopic (exact) mass is 648 g/mol. The standard InChI is InChI=1S/C36H40N8O4/c1-4-27(3)44-35(45)43(25-41-44)31-11-7-29(8-12-31)38-17-18-39-30-9-13-32(14-10-30)46-22-33-23-47-36(48-33,24-42-19-5-16-40-42)34-15-6-28(21-37)20-26(34)2/h5-16,19-20,25,27,33,38-39H,4,17-18,22-24H2,1-3H3/t27-,33+,36+/m0/s1. The third-order valence-electron chi connectivity index (χ3n) is 8.48. The summed E-state index contributed by atoms with van der Waals surface area (Å²) in [4.78, 5) is 12.7. The summed E-state index contributed by atoms with van der Waals surface area (Å²) in [6.07, 6.45) is 5.71. The highest BCUT2D eigenvalue weighted by atomic mass is 16.8. The molecule has 3 aromatic carbocycles. The Morgan fingerprint density at radius 1 is 1.06 bits per heavy atom. The Bertz CT molecular complexity index is 1890. The van der Waals surface area contributed by atoms with Gasteiger partial charge < -0.3 is 24.8 Å². The van der Waals surface area contributed by atoms with Gasteiger partial charge in [0.05, 0.1) is 36.5 Å². The first kappa shape index (κ1) is 32.6. The smallest absolute Gasteiger partial charge is 0.350 e. The number of rotatable bonds is 14. The molecule has 2 N–H and O–H groups in total. The van der Waals surface area contributed by atoms with Gasteiger partial charge in [0, 0.05) is 42.4 Å². The highest BCUT2D eigenvalue weighted by Gasteiger charge is 2.45. The maximum atomic E-state index is 12.7. The largest absolute Gasteiger partial charge is 0.491 e. The van der Waals surface area contributed by atoms with E-state index in [0.29, 0.717) is 38.4 Å². The van der Waals surface area contributed by atoms with E-state index in [1.54, 1.807) is 27.8 Å². The van der Waals surface area contributed by atoms with Crippen LogP contribution in [0.5, 0.6) is 5.75 Å². The minimum absolute atomic E-state index is 0.0591. The minimum Gasteiger partial charge on any atom is -0.491 e. The number of benzene rings is 3. The van der Waals surface area contributed by atoms with E-state index in [1.165, 1.54) is 4.68 Å². The van der Waals surface area contributed by atoms with Crippen LogP contribution in [0.25, 0.3) is 5.69 Å². The zero-order valence-corrected chi connectivity index (χ0v) is 27.4. The van der Waals surface area contributed by atoms with Crippen LogP contribution in [-0.2, 0) is 21.8 Å². The van der Waals surface area contributed by atoms with Crippen molar-refractivity contribution < 1.29 is 14.2 Å². The Kier molecular flexibility index (Phi) is 9.89. The average Bonchev–Trinajstić information content (AvgIpc) is 3.87. The van der Waals surface area contributed by atoms with E-state index in [9.17, 15) is 10.1 Å². The SMILES string of the molecule is CC[C@H](C)n1ncn(-c2ccc(NCCNc3ccc(OC[C@@H]4CO[C@@](Cn5cccn5)(c5ccc(C#N)cc5C)O4)cc3)cc2)c1=O. The molecule has 0 unspecified atom stereocenters. The number of nitriles is 1. The van der Waals surface area contributed by atoms with E-state index in [-0.39, 0.29) is 17.8 Å². The molecule has 0 saturated carbocycles. The Morgan fingerprint density at radius 3 is 2.44 bits per heavy atom. The predicted molar refractivity (Wildman–Crippen MR) is 182 cm³/mol. The van der Waals surface area contributed by atoms with Gasteiger partial charge in [0.1, 0.15) is 24.8 Å². The van der Waals surface area contributed by atoms with Crippen LogP contribution in [0, 0.1) is 18.3 Å². The van der Waals surface area contributed by atoms with Crippen LogP contribution in [0.1, 0.15) is 43.0 Å². The quantitative estimate of drug-likeness (QED) is 0.155. The van der Waals surface area contributed by atoms with E-state index in [1.807, 2.05) is 93.7 Å². The Balaban J connectivity index is 0.973. The molecule has 3 heterocycles. The second kappa shape index (κ2) is 14.6. The topological polar surface area (TPSA) is 133 Å². The molecule has 0 radical (unpaired) electrons. The van der Waals surface area contributed by atoms with Gasteiger partial charge in [-0.15, -0.1) is 0 Å². The molecule has 0 spiro atoms. The van der Waals surface area contributed by atoms with Gasteiger partial charge in [0.2, 0.25) is 5.79 Å². The first-order valence-corrected chi connectivity index (χ1v) is 16.1. The lowest BCUT2D eigenvalue weighted by Gasteiger charge is -2.30. The van der Waals surface area contributed by atoms with Gasteiger partial charge in [-0.1, -0.05) is 13.0 Å². The van der Waals surface area contributed by atoms with Crippen molar-refractivity contribution in [2.24, 2.45) is 0 Å². The number of ether oxygens (including phenoxy) is 3. The zero-order chi connectivity index (χ0) is 33.5. The Hall–Kier alpha value is -5.38. The summed E-state index contributed by atoms with van der Waals surface area (Å²) in [5.74, 6) is -0.311. The van der Waals surface area contributed by atoms with E-state index in [0.717, 1.165) is 40.4 Å². The number of nitrogens with one attached hydrogen (secondary N) is 2. The average molecular weight is 649 g/mol. The first-order valence-electron chi connectivity index (χ1n) is 16.1. The molecule has 0 bridgehead atoms. The second-order valence-corrected chi connectivity index (χ2v) is 11.9. The fourth-order valence-electron chi connectivity index (χ4n) is 5.70. The van der Waals surface area contributed by atoms with Gasteiger partial charge in [-0.25, -0.2) is 14.0 Å². The molecular formula is C36H40N8O4. The van der Waals surface area contributed by atoms with Gasteiger partial charge in [-0.3, -0.25) is 4.68 Å². The van der Waals surface area contributed by atoms with Crippen LogP contribution in [0.15, 0.2) is 96.3 Å². The zero-order valence-electron chi connectivity index (χ0n) is 27.4. The molecule has 5 aromatic rings. The fourth-order valence-corrected chi connectivity index (χ4v) is 5.70. The summed E-state index contributed by atoms with van der Waals surface area (Å²) in [6.45, 7) is 8.45. The van der Waals surface area contributed by atoms with Crippen molar-refractivity contribution in [1.29, 1.82) is 5.26 Å². The lowest BCUT2D eigenvalue weighted by Crippen LogP contribution is -2.35. The molecule has 1 aliphatic rings. The molecule has 3 atom stereocenters. The van der Waals surface area contributed by atoms with Crippen molar-refractivity contribution in [1.82, 2.24) is 24.1 Å². The van der Waals surface area contributed by atoms with Crippen molar-refractivity contribution in [2.75, 3.05) is 36.9 Å². The van der Waals surface area contributed by atoms with Crippen LogP contribution in [-0.4, -0.2) is 56.5 Å². The highest BCUT2D eigenvalue weighted by Crippen LogP contribution is 2.38. The molecule has 12 nitrogen and oxygen atoms in total. The summed E-state index contributed by atoms with van der Waals surface area (Å²) in [5, 5.41) is 24.8. The van der Waals surface area contributed by atoms with Gasteiger partial charge in [-0.2, -0.15) is 15.5 Å². The molecule has 1 fully saturated rings. The number of hydrogen-bond donors (Lipinski definition) is 2. The molecule has 12 heteroatoms. The first-order chi connectivity index (χ1) is 23.4. The fraction of sp³-hybridized carbons (Fsp3) is 0.333. The molecule has 2 aromatic heterocycles. The van der Waals surface area contributed by atoms with Crippen molar-refractivity contribution in [3.05, 3.63) is 119 Å². The van der Waals surface area contributed by atoms with Crippen molar-refractivity contribution in [3.63, 3.8) is 0 Å². The van der Waals surface area contributed by atoms with E-state index >= 15 is 0 Å². The number of anilines is 2. The van der Waals surface area contributed by atoms with Crippen LogP contribution in [0.3, 0.4) is 0 Å². The summed E-state index contributed by atoms with van der Waals surface area (Å²) in [6, 6.07) is 25.2. The number of hydrogen-bond acceptors (Lipinski definition) is 9. The lowest BCUT2D eigenvalue weighted by atomic mass is 9.98. The van der Waals surface area contributed by atoms with E-state index in [2.05, 4.69) is 26.9 Å². The van der Waals surface area contributed by atoms with Crippen LogP contribution in [0.2, 0.25) is 0 Å². The molecule has 6 rings (SSSR count). The minimum atomic E-state index is -1.04. The number of aromatic nitrogens is 5. The maximum Gasteiger partial charge on any atom is 0.350 e. The molecule has 248 valence electrons. The van der Waals surface area contributed by atoms with Crippen molar-refractivity contribution in [3.8, 4) is 17.5 Å². The van der Waals surface area contributed by atoms with E-state index in [4.69, 9.17) is 14.2 Å². The third kappa shape index (κ3) is 7.27. The molecule has 1 saturated heterocycles. The molecule has 48 heavy (non-hydrogen) atoms. The number of aryl methyl sites for hydroxylation is 1. The summed E-state index contributed by atoms with van der Waals surface area (Å²) >= 11 is 0. The Labute approximate surface area is 279 Å². The second-order valence-electron chi connectivity index (χ2n) is 11.9. The number of nitrogens with zero attached hydrogens (tertiary/aromatic N) is 6. The highest BCUT2D eigenvalue weighted by molar-refractivity contribution is 5.50. The van der Waals surface area contributed by atoms with Gasteiger partial charge >= 0.3 is 5.69 Å².